The van der Waals surface area contributed by atoms with Crippen molar-refractivity contribution in [3.63, 3.8) is 0 Å². The first kappa shape index (κ1) is 20.1. The van der Waals surface area contributed by atoms with Gasteiger partial charge in [0.2, 0.25) is 11.8 Å². The number of rotatable bonds is 7. The Morgan fingerprint density at radius 1 is 1.34 bits per heavy atom. The van der Waals surface area contributed by atoms with E-state index in [0.29, 0.717) is 35.5 Å². The highest BCUT2D eigenvalue weighted by atomic mass is 32.2. The summed E-state index contributed by atoms with van der Waals surface area (Å²) in [6, 6.07) is 0. The average molecular weight is 434 g/mol. The number of hydrogen-bond donors (Lipinski definition) is 2. The molecule has 0 saturated carbocycles. The number of fused-ring (bicyclic) bond motifs is 3. The van der Waals surface area contributed by atoms with Crippen LogP contribution in [0.4, 0.5) is 0 Å². The van der Waals surface area contributed by atoms with Crippen molar-refractivity contribution in [2.75, 3.05) is 5.75 Å². The van der Waals surface area contributed by atoms with Gasteiger partial charge < -0.3 is 14.8 Å². The second-order valence-corrected chi connectivity index (χ2v) is 9.85. The van der Waals surface area contributed by atoms with Crippen LogP contribution in [0.5, 0.6) is 0 Å². The largest absolute Gasteiger partial charge is 0.344 e. The van der Waals surface area contributed by atoms with Crippen molar-refractivity contribution in [3.8, 4) is 0 Å². The zero-order valence-electron chi connectivity index (χ0n) is 16.6. The monoisotopic (exact) mass is 433 g/mol. The molecule has 0 unspecified atom stereocenters. The Hall–Kier alpha value is -2.20. The lowest BCUT2D eigenvalue weighted by Gasteiger charge is -2.22. The van der Waals surface area contributed by atoms with Crippen LogP contribution >= 0.6 is 23.1 Å². The van der Waals surface area contributed by atoms with Crippen molar-refractivity contribution in [2.24, 2.45) is 0 Å². The van der Waals surface area contributed by atoms with Gasteiger partial charge in [-0.05, 0) is 38.7 Å². The van der Waals surface area contributed by atoms with Crippen LogP contribution in [-0.4, -0.2) is 31.8 Å². The van der Waals surface area contributed by atoms with E-state index in [1.165, 1.54) is 10.4 Å². The highest BCUT2D eigenvalue weighted by molar-refractivity contribution is 7.98. The van der Waals surface area contributed by atoms with E-state index in [-0.39, 0.29) is 11.5 Å². The maximum Gasteiger partial charge on any atom is 0.259 e. The molecule has 10 heteroatoms. The van der Waals surface area contributed by atoms with E-state index in [2.05, 4.69) is 25.4 Å². The summed E-state index contributed by atoms with van der Waals surface area (Å²) in [7, 11) is 0. The Morgan fingerprint density at radius 3 is 2.93 bits per heavy atom. The molecular formula is C19H23N5O3S2. The van der Waals surface area contributed by atoms with Gasteiger partial charge in [0, 0.05) is 24.0 Å². The van der Waals surface area contributed by atoms with Crippen LogP contribution in [0.1, 0.15) is 54.7 Å². The van der Waals surface area contributed by atoms with E-state index < -0.39 is 5.54 Å². The highest BCUT2D eigenvalue weighted by Crippen LogP contribution is 2.34. The van der Waals surface area contributed by atoms with Gasteiger partial charge in [-0.3, -0.25) is 9.59 Å². The summed E-state index contributed by atoms with van der Waals surface area (Å²) in [5.74, 6) is 2.68. The van der Waals surface area contributed by atoms with Gasteiger partial charge >= 0.3 is 0 Å². The lowest BCUT2D eigenvalue weighted by Crippen LogP contribution is -2.42. The van der Waals surface area contributed by atoms with E-state index in [1.54, 1.807) is 30.0 Å². The average Bonchev–Trinajstić information content (AvgIpc) is 3.34. The minimum Gasteiger partial charge on any atom is -0.344 e. The SMILES string of the molecule is Cc1nc(C(C)(C)NC(=O)CCSCc2nc3sc4c(c3c(=O)[nH]2)CCC4)no1. The Bertz CT molecular complexity index is 1110. The summed E-state index contributed by atoms with van der Waals surface area (Å²) in [6.45, 7) is 5.39. The van der Waals surface area contributed by atoms with Gasteiger partial charge in [-0.15, -0.1) is 11.3 Å². The molecule has 1 aliphatic carbocycles. The van der Waals surface area contributed by atoms with Crippen molar-refractivity contribution in [1.82, 2.24) is 25.4 Å². The van der Waals surface area contributed by atoms with Crippen LogP contribution in [-0.2, 0) is 28.9 Å². The molecule has 3 aromatic rings. The molecule has 2 N–H and O–H groups in total. The molecule has 0 aromatic carbocycles. The Kier molecular flexibility index (Phi) is 5.48. The molecule has 0 aliphatic heterocycles. The number of thioether (sulfide) groups is 1. The molecule has 0 fully saturated rings. The minimum atomic E-state index is -0.698. The smallest absolute Gasteiger partial charge is 0.259 e. The molecule has 0 radical (unpaired) electrons. The Balaban J connectivity index is 1.30. The number of amides is 1. The summed E-state index contributed by atoms with van der Waals surface area (Å²) in [6.07, 6.45) is 3.50. The standard InChI is InChI=1S/C19H23N5O3S2/c1-10-20-18(24-27-10)19(2,3)23-14(25)7-8-28-9-13-21-16(26)15-11-5-4-6-12(11)29-17(15)22-13/h4-9H2,1-3H3,(H,23,25)(H,21,22,26). The molecule has 0 atom stereocenters. The topological polar surface area (TPSA) is 114 Å². The van der Waals surface area contributed by atoms with E-state index in [1.807, 2.05) is 13.8 Å². The second kappa shape index (κ2) is 7.91. The number of nitrogens with one attached hydrogen (secondary N) is 2. The fraction of sp³-hybridized carbons (Fsp3) is 0.526. The first-order chi connectivity index (χ1) is 13.8. The van der Waals surface area contributed by atoms with E-state index in [9.17, 15) is 9.59 Å². The molecule has 4 rings (SSSR count). The third-order valence-corrected chi connectivity index (χ3v) is 7.03. The number of H-pyrrole nitrogens is 1. The first-order valence-electron chi connectivity index (χ1n) is 9.56. The van der Waals surface area contributed by atoms with Crippen LogP contribution in [0.3, 0.4) is 0 Å². The van der Waals surface area contributed by atoms with Gasteiger partial charge in [-0.1, -0.05) is 5.16 Å². The number of aryl methyl sites for hydroxylation is 3. The minimum absolute atomic E-state index is 0.0418. The normalized spacial score (nSPS) is 13.8. The summed E-state index contributed by atoms with van der Waals surface area (Å²) in [4.78, 5) is 38.6. The molecule has 1 amide bonds. The number of carbonyl (C=O) groups excluding carboxylic acids is 1. The lowest BCUT2D eigenvalue weighted by molar-refractivity contribution is -0.122. The molecule has 3 aromatic heterocycles. The number of hydrogen-bond acceptors (Lipinski definition) is 8. The number of aromatic nitrogens is 4. The number of thiophene rings is 1. The maximum absolute atomic E-state index is 12.5. The molecule has 0 saturated heterocycles. The van der Waals surface area contributed by atoms with E-state index in [4.69, 9.17) is 4.52 Å². The molecule has 8 nitrogen and oxygen atoms in total. The van der Waals surface area contributed by atoms with Crippen LogP contribution in [0, 0.1) is 6.92 Å². The van der Waals surface area contributed by atoms with Crippen LogP contribution in [0.25, 0.3) is 10.2 Å². The quantitative estimate of drug-likeness (QED) is 0.551. The van der Waals surface area contributed by atoms with Crippen molar-refractivity contribution >= 4 is 39.2 Å². The summed E-state index contributed by atoms with van der Waals surface area (Å²) >= 11 is 3.21. The molecule has 154 valence electrons. The molecule has 1 aliphatic rings. The van der Waals surface area contributed by atoms with Crippen LogP contribution in [0.2, 0.25) is 0 Å². The number of carbonyl (C=O) groups is 1. The zero-order valence-corrected chi connectivity index (χ0v) is 18.3. The van der Waals surface area contributed by atoms with Gasteiger partial charge in [-0.2, -0.15) is 16.7 Å². The fourth-order valence-electron chi connectivity index (χ4n) is 3.47. The molecule has 3 heterocycles. The fourth-order valence-corrected chi connectivity index (χ4v) is 5.55. The van der Waals surface area contributed by atoms with Gasteiger partial charge in [-0.25, -0.2) is 4.98 Å². The highest BCUT2D eigenvalue weighted by Gasteiger charge is 2.28. The van der Waals surface area contributed by atoms with Crippen molar-refractivity contribution in [3.05, 3.63) is 38.3 Å². The third-order valence-electron chi connectivity index (χ3n) is 4.87. The zero-order chi connectivity index (χ0) is 20.6. The molecular weight excluding hydrogens is 410 g/mol. The summed E-state index contributed by atoms with van der Waals surface area (Å²) in [5.41, 5.74) is 0.450. The second-order valence-electron chi connectivity index (χ2n) is 7.66. The van der Waals surface area contributed by atoms with E-state index in [0.717, 1.165) is 29.5 Å². The van der Waals surface area contributed by atoms with Gasteiger partial charge in [0.15, 0.2) is 5.82 Å². The Labute approximate surface area is 175 Å². The summed E-state index contributed by atoms with van der Waals surface area (Å²) in [5, 5.41) is 7.58. The third kappa shape index (κ3) is 4.23. The van der Waals surface area contributed by atoms with Crippen molar-refractivity contribution in [2.45, 2.75) is 57.7 Å². The lowest BCUT2D eigenvalue weighted by atomic mass is 10.0. The molecule has 29 heavy (non-hydrogen) atoms. The van der Waals surface area contributed by atoms with Crippen LogP contribution < -0.4 is 10.9 Å². The van der Waals surface area contributed by atoms with E-state index >= 15 is 0 Å². The predicted molar refractivity (Wildman–Crippen MR) is 113 cm³/mol. The molecule has 0 bridgehead atoms. The van der Waals surface area contributed by atoms with Crippen molar-refractivity contribution < 1.29 is 9.32 Å². The number of aromatic amines is 1. The van der Waals surface area contributed by atoms with Crippen molar-refractivity contribution in [1.29, 1.82) is 0 Å². The number of nitrogens with zero attached hydrogens (tertiary/aromatic N) is 3. The maximum atomic E-state index is 12.5. The predicted octanol–water partition coefficient (Wildman–Crippen LogP) is 2.84. The molecule has 0 spiro atoms. The first-order valence-corrected chi connectivity index (χ1v) is 11.5. The summed E-state index contributed by atoms with van der Waals surface area (Å²) < 4.78 is 4.99. The van der Waals surface area contributed by atoms with Gasteiger partial charge in [0.05, 0.1) is 16.7 Å². The Morgan fingerprint density at radius 2 is 2.17 bits per heavy atom. The van der Waals surface area contributed by atoms with Gasteiger partial charge in [0.25, 0.3) is 5.56 Å². The van der Waals surface area contributed by atoms with Crippen LogP contribution in [0.15, 0.2) is 9.32 Å². The van der Waals surface area contributed by atoms with Gasteiger partial charge in [0.1, 0.15) is 10.7 Å².